The summed E-state index contributed by atoms with van der Waals surface area (Å²) < 4.78 is 27.2. The summed E-state index contributed by atoms with van der Waals surface area (Å²) >= 11 is 0. The first-order valence-electron chi connectivity index (χ1n) is 7.71. The number of sulfonamides is 1. The molecule has 0 radical (unpaired) electrons. The molecule has 0 unspecified atom stereocenters. The van der Waals surface area contributed by atoms with Gasteiger partial charge >= 0.3 is 0 Å². The van der Waals surface area contributed by atoms with E-state index in [-0.39, 0.29) is 0 Å². The number of nitrogens with zero attached hydrogens (tertiary/aromatic N) is 1. The Morgan fingerprint density at radius 3 is 2.57 bits per heavy atom. The first kappa shape index (κ1) is 16.5. The highest BCUT2D eigenvalue weighted by Crippen LogP contribution is 2.29. The second kappa shape index (κ2) is 6.90. The summed E-state index contributed by atoms with van der Waals surface area (Å²) in [4.78, 5) is 0.472. The van der Waals surface area contributed by atoms with E-state index in [0.29, 0.717) is 23.9 Å². The summed E-state index contributed by atoms with van der Waals surface area (Å²) in [7, 11) is 0.184. The maximum absolute atomic E-state index is 12.8. The highest BCUT2D eigenvalue weighted by atomic mass is 32.2. The Labute approximate surface area is 128 Å². The molecule has 0 spiro atoms. The minimum absolute atomic E-state index is 0.472. The molecule has 1 aliphatic rings. The van der Waals surface area contributed by atoms with Gasteiger partial charge in [0.15, 0.2) is 0 Å². The van der Waals surface area contributed by atoms with Gasteiger partial charge in [0.1, 0.15) is 0 Å². The van der Waals surface area contributed by atoms with Crippen LogP contribution in [0.4, 0.5) is 0 Å². The second-order valence-corrected chi connectivity index (χ2v) is 7.92. The molecule has 0 amide bonds. The average Bonchev–Trinajstić information content (AvgIpc) is 2.42. The molecule has 0 bridgehead atoms. The van der Waals surface area contributed by atoms with Gasteiger partial charge in [0, 0.05) is 20.1 Å². The third-order valence-electron chi connectivity index (χ3n) is 4.32. The highest BCUT2D eigenvalue weighted by Gasteiger charge is 2.28. The normalized spacial score (nSPS) is 16.2. The Kier molecular flexibility index (Phi) is 5.41. The molecule has 1 fully saturated rings. The lowest BCUT2D eigenvalue weighted by Crippen LogP contribution is -2.34. The number of hydrogen-bond donors (Lipinski definition) is 1. The van der Waals surface area contributed by atoms with Crippen LogP contribution in [0.1, 0.15) is 37.3 Å². The van der Waals surface area contributed by atoms with Crippen molar-refractivity contribution in [3.63, 3.8) is 0 Å². The molecular weight excluding hydrogens is 284 g/mol. The molecule has 0 atom stereocenters. The molecule has 118 valence electrons. The van der Waals surface area contributed by atoms with Crippen LogP contribution in [0.25, 0.3) is 0 Å². The smallest absolute Gasteiger partial charge is 0.243 e. The first-order valence-corrected chi connectivity index (χ1v) is 9.15. The second-order valence-electron chi connectivity index (χ2n) is 5.91. The highest BCUT2D eigenvalue weighted by molar-refractivity contribution is 7.89. The van der Waals surface area contributed by atoms with Crippen molar-refractivity contribution in [1.82, 2.24) is 9.62 Å². The zero-order chi connectivity index (χ0) is 15.5. The van der Waals surface area contributed by atoms with Crippen LogP contribution >= 0.6 is 0 Å². The average molecular weight is 310 g/mol. The van der Waals surface area contributed by atoms with Crippen molar-refractivity contribution in [3.05, 3.63) is 29.3 Å². The summed E-state index contributed by atoms with van der Waals surface area (Å²) in [6.45, 7) is 3.32. The predicted molar refractivity (Wildman–Crippen MR) is 85.7 cm³/mol. The SMILES string of the molecule is CCc1ccc(CNC)cc1S(=O)(=O)N(C)CC1CCC1. The molecule has 21 heavy (non-hydrogen) atoms. The minimum atomic E-state index is -3.39. The Balaban J connectivity index is 2.29. The predicted octanol–water partition coefficient (Wildman–Crippen LogP) is 2.39. The number of nitrogens with one attached hydrogen (secondary N) is 1. The largest absolute Gasteiger partial charge is 0.316 e. The lowest BCUT2D eigenvalue weighted by molar-refractivity contribution is 0.263. The van der Waals surface area contributed by atoms with E-state index >= 15 is 0 Å². The first-order chi connectivity index (χ1) is 9.98. The van der Waals surface area contributed by atoms with Gasteiger partial charge in [-0.05, 0) is 49.4 Å². The maximum Gasteiger partial charge on any atom is 0.243 e. The summed E-state index contributed by atoms with van der Waals surface area (Å²) in [5.74, 6) is 0.537. The lowest BCUT2D eigenvalue weighted by Gasteiger charge is -2.30. The van der Waals surface area contributed by atoms with Gasteiger partial charge in [0.05, 0.1) is 4.90 Å². The lowest BCUT2D eigenvalue weighted by atomic mass is 9.86. The van der Waals surface area contributed by atoms with Crippen LogP contribution < -0.4 is 5.32 Å². The van der Waals surface area contributed by atoms with Crippen molar-refractivity contribution in [2.75, 3.05) is 20.6 Å². The Morgan fingerprint density at radius 2 is 2.05 bits per heavy atom. The molecule has 1 aliphatic carbocycles. The topological polar surface area (TPSA) is 49.4 Å². The number of benzene rings is 1. The van der Waals surface area contributed by atoms with Gasteiger partial charge in [-0.2, -0.15) is 0 Å². The molecule has 1 N–H and O–H groups in total. The van der Waals surface area contributed by atoms with Crippen LogP contribution in [0.2, 0.25) is 0 Å². The van der Waals surface area contributed by atoms with E-state index in [9.17, 15) is 8.42 Å². The van der Waals surface area contributed by atoms with Crippen LogP contribution in [0.3, 0.4) is 0 Å². The summed E-state index contributed by atoms with van der Waals surface area (Å²) in [6, 6.07) is 5.76. The van der Waals surface area contributed by atoms with Crippen molar-refractivity contribution in [3.8, 4) is 0 Å². The molecule has 1 aromatic carbocycles. The van der Waals surface area contributed by atoms with Crippen LogP contribution in [-0.2, 0) is 23.0 Å². The van der Waals surface area contributed by atoms with Gasteiger partial charge < -0.3 is 5.32 Å². The van der Waals surface area contributed by atoms with Crippen molar-refractivity contribution in [2.24, 2.45) is 5.92 Å². The standard InChI is InChI=1S/C16H26N2O2S/c1-4-15-9-8-14(11-17-2)10-16(15)21(19,20)18(3)12-13-6-5-7-13/h8-10,13,17H,4-7,11-12H2,1-3H3. The van der Waals surface area contributed by atoms with Gasteiger partial charge in [0.2, 0.25) is 10.0 Å². The van der Waals surface area contributed by atoms with Crippen molar-refractivity contribution >= 4 is 10.0 Å². The van der Waals surface area contributed by atoms with E-state index < -0.39 is 10.0 Å². The maximum atomic E-state index is 12.8. The van der Waals surface area contributed by atoms with Crippen LogP contribution in [-0.4, -0.2) is 33.4 Å². The molecular formula is C16H26N2O2S. The van der Waals surface area contributed by atoms with Gasteiger partial charge in [0.25, 0.3) is 0 Å². The Morgan fingerprint density at radius 1 is 1.33 bits per heavy atom. The van der Waals surface area contributed by atoms with E-state index in [0.717, 1.165) is 30.4 Å². The van der Waals surface area contributed by atoms with Crippen LogP contribution in [0.15, 0.2) is 23.1 Å². The molecule has 1 aromatic rings. The number of hydrogen-bond acceptors (Lipinski definition) is 3. The van der Waals surface area contributed by atoms with Crippen LogP contribution in [0.5, 0.6) is 0 Å². The number of rotatable bonds is 7. The zero-order valence-electron chi connectivity index (χ0n) is 13.2. The third kappa shape index (κ3) is 3.65. The molecule has 0 aromatic heterocycles. The van der Waals surface area contributed by atoms with E-state index in [1.807, 2.05) is 32.2 Å². The minimum Gasteiger partial charge on any atom is -0.316 e. The van der Waals surface area contributed by atoms with E-state index in [1.54, 1.807) is 7.05 Å². The number of aryl methyl sites for hydroxylation is 1. The molecule has 5 heteroatoms. The summed E-state index contributed by atoms with van der Waals surface area (Å²) in [5, 5.41) is 3.07. The van der Waals surface area contributed by atoms with Crippen LogP contribution in [0, 0.1) is 5.92 Å². The Bertz CT molecular complexity index is 580. The molecule has 0 heterocycles. The summed E-state index contributed by atoms with van der Waals surface area (Å²) in [6.07, 6.45) is 4.27. The van der Waals surface area contributed by atoms with Crippen molar-refractivity contribution < 1.29 is 8.42 Å². The molecule has 0 aliphatic heterocycles. The van der Waals surface area contributed by atoms with Crippen molar-refractivity contribution in [2.45, 2.75) is 44.0 Å². The van der Waals surface area contributed by atoms with E-state index in [4.69, 9.17) is 0 Å². The molecule has 1 saturated carbocycles. The fraction of sp³-hybridized carbons (Fsp3) is 0.625. The Hall–Kier alpha value is -0.910. The van der Waals surface area contributed by atoms with Gasteiger partial charge in [-0.25, -0.2) is 12.7 Å². The molecule has 4 nitrogen and oxygen atoms in total. The zero-order valence-corrected chi connectivity index (χ0v) is 14.0. The van der Waals surface area contributed by atoms with Gasteiger partial charge in [-0.15, -0.1) is 0 Å². The van der Waals surface area contributed by atoms with Gasteiger partial charge in [-0.1, -0.05) is 25.5 Å². The van der Waals surface area contributed by atoms with E-state index in [2.05, 4.69) is 5.32 Å². The fourth-order valence-corrected chi connectivity index (χ4v) is 4.34. The fourth-order valence-electron chi connectivity index (χ4n) is 2.75. The van der Waals surface area contributed by atoms with E-state index in [1.165, 1.54) is 10.7 Å². The molecule has 0 saturated heterocycles. The van der Waals surface area contributed by atoms with Crippen molar-refractivity contribution in [1.29, 1.82) is 0 Å². The third-order valence-corrected chi connectivity index (χ3v) is 6.23. The quantitative estimate of drug-likeness (QED) is 0.841. The molecule has 2 rings (SSSR count). The summed E-state index contributed by atoms with van der Waals surface area (Å²) in [5.41, 5.74) is 1.90. The monoisotopic (exact) mass is 310 g/mol. The van der Waals surface area contributed by atoms with Gasteiger partial charge in [-0.3, -0.25) is 0 Å².